The molecule has 0 aliphatic heterocycles. The van der Waals surface area contributed by atoms with Gasteiger partial charge in [0.2, 0.25) is 0 Å². The van der Waals surface area contributed by atoms with Crippen LogP contribution in [-0.2, 0) is 12.5 Å². The van der Waals surface area contributed by atoms with E-state index in [0.717, 1.165) is 11.1 Å². The van der Waals surface area contributed by atoms with E-state index in [4.69, 9.17) is 39.5 Å². The molecule has 0 fully saturated rings. The minimum Gasteiger partial charge on any atom is -0.487 e. The van der Waals surface area contributed by atoms with Crippen molar-refractivity contribution in [1.29, 1.82) is 0 Å². The molecule has 2 aromatic carbocycles. The highest BCUT2D eigenvalue weighted by Gasteiger charge is 2.05. The van der Waals surface area contributed by atoms with Crippen molar-refractivity contribution in [2.24, 2.45) is 0 Å². The zero-order valence-electron chi connectivity index (χ0n) is 9.50. The summed E-state index contributed by atoms with van der Waals surface area (Å²) in [5.41, 5.74) is 2.10. The first-order valence-corrected chi connectivity index (χ1v) is 6.70. The number of hydrogen-bond acceptors (Lipinski definition) is 1. The van der Waals surface area contributed by atoms with Crippen molar-refractivity contribution < 1.29 is 4.74 Å². The smallest absolute Gasteiger partial charge is 0.139 e. The van der Waals surface area contributed by atoms with E-state index in [1.807, 2.05) is 24.3 Å². The number of hydrogen-bond donors (Lipinski definition) is 0. The average molecular weight is 302 g/mol. The van der Waals surface area contributed by atoms with Gasteiger partial charge in [-0.25, -0.2) is 0 Å². The van der Waals surface area contributed by atoms with Crippen LogP contribution < -0.4 is 4.74 Å². The summed E-state index contributed by atoms with van der Waals surface area (Å²) in [7, 11) is 0. The van der Waals surface area contributed by atoms with Gasteiger partial charge in [-0.1, -0.05) is 47.5 Å². The third-order valence-corrected chi connectivity index (χ3v) is 3.37. The molecule has 0 amide bonds. The summed E-state index contributed by atoms with van der Waals surface area (Å²) >= 11 is 17.8. The van der Waals surface area contributed by atoms with Crippen molar-refractivity contribution >= 4 is 34.8 Å². The highest BCUT2D eigenvalue weighted by Crippen LogP contribution is 2.28. The van der Waals surface area contributed by atoms with Crippen molar-refractivity contribution in [2.45, 2.75) is 12.5 Å². The molecule has 0 heterocycles. The largest absolute Gasteiger partial charge is 0.487 e. The summed E-state index contributed by atoms with van der Waals surface area (Å²) in [6.07, 6.45) is 0. The molecule has 1 nitrogen and oxygen atoms in total. The van der Waals surface area contributed by atoms with Crippen LogP contribution in [-0.4, -0.2) is 0 Å². The maximum Gasteiger partial charge on any atom is 0.139 e. The first-order valence-electron chi connectivity index (χ1n) is 5.41. The number of benzene rings is 2. The molecule has 2 rings (SSSR count). The molecule has 0 aromatic heterocycles. The number of alkyl halides is 1. The van der Waals surface area contributed by atoms with Gasteiger partial charge in [0.15, 0.2) is 0 Å². The van der Waals surface area contributed by atoms with Gasteiger partial charge in [-0.3, -0.25) is 0 Å². The molecule has 2 aromatic rings. The predicted octanol–water partition coefficient (Wildman–Crippen LogP) is 5.31. The Morgan fingerprint density at radius 1 is 0.944 bits per heavy atom. The molecule has 0 saturated heterocycles. The normalized spacial score (nSPS) is 10.4. The van der Waals surface area contributed by atoms with E-state index in [9.17, 15) is 0 Å². The zero-order valence-corrected chi connectivity index (χ0v) is 11.8. The summed E-state index contributed by atoms with van der Waals surface area (Å²) in [6, 6.07) is 13.0. The molecule has 0 aliphatic carbocycles. The Balaban J connectivity index is 2.14. The highest BCUT2D eigenvalue weighted by molar-refractivity contribution is 6.34. The van der Waals surface area contributed by atoms with Crippen molar-refractivity contribution in [3.05, 3.63) is 63.6 Å². The van der Waals surface area contributed by atoms with E-state index in [0.29, 0.717) is 28.3 Å². The Morgan fingerprint density at radius 2 is 1.67 bits per heavy atom. The van der Waals surface area contributed by atoms with Crippen LogP contribution in [0.4, 0.5) is 0 Å². The van der Waals surface area contributed by atoms with Crippen LogP contribution >= 0.6 is 34.8 Å². The standard InChI is InChI=1S/C14H11Cl3O/c15-8-10-3-1-2-4-11(10)9-18-14-7-12(16)5-6-13(14)17/h1-7H,8-9H2. The Bertz CT molecular complexity index is 540. The lowest BCUT2D eigenvalue weighted by molar-refractivity contribution is 0.305. The monoisotopic (exact) mass is 300 g/mol. The number of halogens is 3. The van der Waals surface area contributed by atoms with Crippen LogP contribution in [0.5, 0.6) is 5.75 Å². The second-order valence-electron chi connectivity index (χ2n) is 3.77. The third kappa shape index (κ3) is 3.32. The first kappa shape index (κ1) is 13.5. The SMILES string of the molecule is ClCc1ccccc1COc1cc(Cl)ccc1Cl. The second-order valence-corrected chi connectivity index (χ2v) is 4.88. The maximum atomic E-state index is 6.03. The molecule has 0 spiro atoms. The summed E-state index contributed by atoms with van der Waals surface area (Å²) < 4.78 is 5.67. The van der Waals surface area contributed by atoms with E-state index < -0.39 is 0 Å². The summed E-state index contributed by atoms with van der Waals surface area (Å²) in [4.78, 5) is 0. The highest BCUT2D eigenvalue weighted by atomic mass is 35.5. The van der Waals surface area contributed by atoms with Gasteiger partial charge in [-0.05, 0) is 23.3 Å². The Kier molecular flexibility index (Phi) is 4.76. The van der Waals surface area contributed by atoms with Gasteiger partial charge in [0.25, 0.3) is 0 Å². The van der Waals surface area contributed by atoms with E-state index in [1.165, 1.54) is 0 Å². The van der Waals surface area contributed by atoms with E-state index >= 15 is 0 Å². The molecule has 4 heteroatoms. The topological polar surface area (TPSA) is 9.23 Å². The lowest BCUT2D eigenvalue weighted by atomic mass is 10.1. The van der Waals surface area contributed by atoms with E-state index in [-0.39, 0.29) is 0 Å². The minimum atomic E-state index is 0.420. The quantitative estimate of drug-likeness (QED) is 0.695. The van der Waals surface area contributed by atoms with Crippen LogP contribution in [0.2, 0.25) is 10.0 Å². The number of ether oxygens (including phenoxy) is 1. The molecule has 0 atom stereocenters. The minimum absolute atomic E-state index is 0.420. The van der Waals surface area contributed by atoms with Crippen molar-refractivity contribution in [3.63, 3.8) is 0 Å². The molecule has 0 unspecified atom stereocenters. The molecule has 18 heavy (non-hydrogen) atoms. The van der Waals surface area contributed by atoms with Crippen LogP contribution in [0.15, 0.2) is 42.5 Å². The summed E-state index contributed by atoms with van der Waals surface area (Å²) in [6.45, 7) is 0.420. The summed E-state index contributed by atoms with van der Waals surface area (Å²) in [5, 5.41) is 1.14. The first-order chi connectivity index (χ1) is 8.70. The Hall–Kier alpha value is -0.890. The van der Waals surface area contributed by atoms with Gasteiger partial charge in [-0.15, -0.1) is 11.6 Å². The van der Waals surface area contributed by atoms with Crippen molar-refractivity contribution in [3.8, 4) is 5.75 Å². The van der Waals surface area contributed by atoms with Crippen LogP contribution in [0.25, 0.3) is 0 Å². The second kappa shape index (κ2) is 6.33. The van der Waals surface area contributed by atoms with Crippen LogP contribution in [0.3, 0.4) is 0 Å². The van der Waals surface area contributed by atoms with E-state index in [2.05, 4.69) is 0 Å². The molecule has 0 bridgehead atoms. The van der Waals surface area contributed by atoms with Crippen molar-refractivity contribution in [2.75, 3.05) is 0 Å². The summed E-state index contributed by atoms with van der Waals surface area (Å²) in [5.74, 6) is 1.04. The lowest BCUT2D eigenvalue weighted by Gasteiger charge is -2.10. The fraction of sp³-hybridized carbons (Fsp3) is 0.143. The van der Waals surface area contributed by atoms with E-state index in [1.54, 1.807) is 18.2 Å². The third-order valence-electron chi connectivity index (χ3n) is 2.54. The molecule has 0 N–H and O–H groups in total. The van der Waals surface area contributed by atoms with Gasteiger partial charge in [0, 0.05) is 17.0 Å². The average Bonchev–Trinajstić information content (AvgIpc) is 2.40. The molecule has 0 saturated carbocycles. The predicted molar refractivity (Wildman–Crippen MR) is 76.8 cm³/mol. The molecular weight excluding hydrogens is 291 g/mol. The number of rotatable bonds is 4. The van der Waals surface area contributed by atoms with Gasteiger partial charge in [-0.2, -0.15) is 0 Å². The van der Waals surface area contributed by atoms with Crippen LogP contribution in [0.1, 0.15) is 11.1 Å². The van der Waals surface area contributed by atoms with Gasteiger partial charge < -0.3 is 4.74 Å². The maximum absolute atomic E-state index is 6.03. The van der Waals surface area contributed by atoms with Crippen molar-refractivity contribution in [1.82, 2.24) is 0 Å². The molecule has 94 valence electrons. The fourth-order valence-electron chi connectivity index (χ4n) is 1.57. The molecular formula is C14H11Cl3O. The Morgan fingerprint density at radius 3 is 2.39 bits per heavy atom. The van der Waals surface area contributed by atoms with Crippen LogP contribution in [0, 0.1) is 0 Å². The Labute approximate surface area is 121 Å². The van der Waals surface area contributed by atoms with Gasteiger partial charge in [0.1, 0.15) is 12.4 Å². The zero-order chi connectivity index (χ0) is 13.0. The molecule has 0 aliphatic rings. The fourth-order valence-corrected chi connectivity index (χ4v) is 2.17. The van der Waals surface area contributed by atoms with Gasteiger partial charge >= 0.3 is 0 Å². The van der Waals surface area contributed by atoms with Gasteiger partial charge in [0.05, 0.1) is 5.02 Å². The lowest BCUT2D eigenvalue weighted by Crippen LogP contribution is -1.99. The molecule has 0 radical (unpaired) electrons.